The lowest BCUT2D eigenvalue weighted by Gasteiger charge is -2.18. The zero-order valence-electron chi connectivity index (χ0n) is 17.5. The molecule has 0 fully saturated rings. The van der Waals surface area contributed by atoms with Crippen LogP contribution in [0.5, 0.6) is 0 Å². The van der Waals surface area contributed by atoms with Gasteiger partial charge >= 0.3 is 18.0 Å². The number of rotatable bonds is 6. The van der Waals surface area contributed by atoms with Crippen molar-refractivity contribution in [2.75, 3.05) is 29.2 Å². The van der Waals surface area contributed by atoms with Crippen molar-refractivity contribution in [3.63, 3.8) is 0 Å². The third kappa shape index (κ3) is 5.71. The van der Waals surface area contributed by atoms with Crippen LogP contribution in [0.2, 0.25) is 0 Å². The fourth-order valence-electron chi connectivity index (χ4n) is 2.74. The zero-order valence-corrected chi connectivity index (χ0v) is 18.4. The summed E-state index contributed by atoms with van der Waals surface area (Å²) < 4.78 is 15.3. The Morgan fingerprint density at radius 3 is 1.88 bits per heavy atom. The Kier molecular flexibility index (Phi) is 7.36. The van der Waals surface area contributed by atoms with Gasteiger partial charge in [0, 0.05) is 11.4 Å². The number of nitrogens with one attached hydrogen (secondary N) is 2. The van der Waals surface area contributed by atoms with Crippen LogP contribution in [0.25, 0.3) is 0 Å². The number of carbonyl (C=O) groups excluding carboxylic acids is 4. The maximum absolute atomic E-state index is 12.7. The lowest BCUT2D eigenvalue weighted by atomic mass is 10.1. The summed E-state index contributed by atoms with van der Waals surface area (Å²) in [4.78, 5) is 48.6. The van der Waals surface area contributed by atoms with E-state index in [1.54, 1.807) is 30.3 Å². The van der Waals surface area contributed by atoms with E-state index in [1.165, 1.54) is 44.7 Å². The molecule has 0 bridgehead atoms. The van der Waals surface area contributed by atoms with Crippen LogP contribution in [-0.4, -0.2) is 38.1 Å². The van der Waals surface area contributed by atoms with E-state index in [1.807, 2.05) is 0 Å². The number of hydrogen-bond acceptors (Lipinski definition) is 8. The molecule has 170 valence electrons. The Bertz CT molecular complexity index is 1140. The van der Waals surface area contributed by atoms with E-state index in [9.17, 15) is 19.2 Å². The highest BCUT2D eigenvalue weighted by Crippen LogP contribution is 2.24. The molecule has 0 aliphatic carbocycles. The van der Waals surface area contributed by atoms with Gasteiger partial charge in [0.2, 0.25) is 0 Å². The first-order valence-corrected chi connectivity index (χ1v) is 9.79. The SMILES string of the molecule is COC(=O)c1cc(C(=O)OC)cc(N(S)C(=O)Nc2ccc(NC(=O)c3ccco3)cc2)c1. The van der Waals surface area contributed by atoms with Gasteiger partial charge in [-0.3, -0.25) is 4.79 Å². The number of urea groups is 1. The number of anilines is 3. The van der Waals surface area contributed by atoms with E-state index >= 15 is 0 Å². The zero-order chi connectivity index (χ0) is 24.0. The van der Waals surface area contributed by atoms with Crippen molar-refractivity contribution in [1.29, 1.82) is 0 Å². The molecular formula is C22H19N3O7S. The van der Waals surface area contributed by atoms with Crippen molar-refractivity contribution < 1.29 is 33.1 Å². The van der Waals surface area contributed by atoms with Gasteiger partial charge in [0.1, 0.15) is 0 Å². The number of benzene rings is 2. The van der Waals surface area contributed by atoms with Crippen molar-refractivity contribution in [3.8, 4) is 0 Å². The second-order valence-corrected chi connectivity index (χ2v) is 6.90. The van der Waals surface area contributed by atoms with Crippen molar-refractivity contribution >= 4 is 53.8 Å². The molecule has 0 spiro atoms. The van der Waals surface area contributed by atoms with E-state index in [-0.39, 0.29) is 22.6 Å². The van der Waals surface area contributed by atoms with Gasteiger partial charge in [-0.05, 0) is 54.6 Å². The van der Waals surface area contributed by atoms with E-state index in [0.717, 1.165) is 4.31 Å². The first-order chi connectivity index (χ1) is 15.8. The molecule has 33 heavy (non-hydrogen) atoms. The highest BCUT2D eigenvalue weighted by molar-refractivity contribution is 7.82. The van der Waals surface area contributed by atoms with Crippen LogP contribution in [0.4, 0.5) is 21.9 Å². The molecule has 0 saturated heterocycles. The lowest BCUT2D eigenvalue weighted by molar-refractivity contribution is 0.0599. The number of nitrogens with zero attached hydrogens (tertiary/aromatic N) is 1. The molecule has 3 aromatic rings. The van der Waals surface area contributed by atoms with Crippen molar-refractivity contribution in [2.24, 2.45) is 0 Å². The number of amides is 3. The lowest BCUT2D eigenvalue weighted by Crippen LogP contribution is -2.27. The van der Waals surface area contributed by atoms with Crippen LogP contribution in [-0.2, 0) is 9.47 Å². The largest absolute Gasteiger partial charge is 0.465 e. The summed E-state index contributed by atoms with van der Waals surface area (Å²) in [5, 5.41) is 5.28. The van der Waals surface area contributed by atoms with Gasteiger partial charge in [-0.1, -0.05) is 12.8 Å². The number of methoxy groups -OCH3 is 2. The Balaban J connectivity index is 1.72. The van der Waals surface area contributed by atoms with E-state index in [2.05, 4.69) is 32.9 Å². The molecule has 3 rings (SSSR count). The van der Waals surface area contributed by atoms with Gasteiger partial charge in [0.05, 0.1) is 37.3 Å². The van der Waals surface area contributed by atoms with Gasteiger partial charge in [-0.15, -0.1) is 0 Å². The number of ether oxygens (including phenoxy) is 2. The third-order valence-corrected chi connectivity index (χ3v) is 4.75. The molecule has 2 aromatic carbocycles. The Labute approximate surface area is 194 Å². The normalized spacial score (nSPS) is 10.2. The first kappa shape index (κ1) is 23.4. The number of thiol groups is 1. The highest BCUT2D eigenvalue weighted by Gasteiger charge is 2.19. The predicted octanol–water partition coefficient (Wildman–Crippen LogP) is 3.99. The number of carbonyl (C=O) groups is 4. The Morgan fingerprint density at radius 1 is 0.848 bits per heavy atom. The van der Waals surface area contributed by atoms with Gasteiger partial charge in [-0.2, -0.15) is 0 Å². The molecule has 0 radical (unpaired) electrons. The summed E-state index contributed by atoms with van der Waals surface area (Å²) in [5.74, 6) is -1.64. The standard InChI is InChI=1S/C22H19N3O7S/c1-30-20(27)13-10-14(21(28)31-2)12-17(11-13)25(33)22(29)24-16-7-5-15(6-8-16)23-19(26)18-4-3-9-32-18/h3-12,33H,1-2H3,(H,23,26)(H,24,29). The highest BCUT2D eigenvalue weighted by atomic mass is 32.1. The summed E-state index contributed by atoms with van der Waals surface area (Å²) >= 11 is 4.18. The number of furan rings is 1. The summed E-state index contributed by atoms with van der Waals surface area (Å²) in [7, 11) is 2.39. The maximum atomic E-state index is 12.7. The molecule has 0 aliphatic heterocycles. The molecule has 0 unspecified atom stereocenters. The number of hydrogen-bond donors (Lipinski definition) is 3. The van der Waals surface area contributed by atoms with E-state index in [0.29, 0.717) is 11.4 Å². The van der Waals surface area contributed by atoms with E-state index < -0.39 is 23.9 Å². The molecule has 0 saturated carbocycles. The van der Waals surface area contributed by atoms with Gasteiger partial charge in [0.25, 0.3) is 5.91 Å². The summed E-state index contributed by atoms with van der Waals surface area (Å²) in [6, 6.07) is 12.8. The molecule has 11 heteroatoms. The van der Waals surface area contributed by atoms with Crippen LogP contribution in [0.3, 0.4) is 0 Å². The molecule has 0 atom stereocenters. The fourth-order valence-corrected chi connectivity index (χ4v) is 2.90. The molecule has 1 heterocycles. The van der Waals surface area contributed by atoms with Gasteiger partial charge in [0.15, 0.2) is 5.76 Å². The predicted molar refractivity (Wildman–Crippen MR) is 123 cm³/mol. The van der Waals surface area contributed by atoms with Gasteiger partial charge in [-0.25, -0.2) is 18.7 Å². The quantitative estimate of drug-likeness (QED) is 0.368. The fraction of sp³-hybridized carbons (Fsp3) is 0.0909. The molecule has 10 nitrogen and oxygen atoms in total. The van der Waals surface area contributed by atoms with Crippen LogP contribution in [0.15, 0.2) is 65.3 Å². The van der Waals surface area contributed by atoms with E-state index in [4.69, 9.17) is 4.42 Å². The monoisotopic (exact) mass is 469 g/mol. The minimum Gasteiger partial charge on any atom is -0.465 e. The molecule has 0 aliphatic rings. The maximum Gasteiger partial charge on any atom is 0.337 e. The minimum absolute atomic E-state index is 0.0406. The Morgan fingerprint density at radius 2 is 1.39 bits per heavy atom. The number of esters is 2. The minimum atomic E-state index is -0.698. The van der Waals surface area contributed by atoms with Crippen molar-refractivity contribution in [2.45, 2.75) is 0 Å². The second-order valence-electron chi connectivity index (χ2n) is 6.50. The summed E-state index contributed by atoms with van der Waals surface area (Å²) in [6.45, 7) is 0. The smallest absolute Gasteiger partial charge is 0.337 e. The van der Waals surface area contributed by atoms with Gasteiger partial charge < -0.3 is 24.5 Å². The molecule has 2 N–H and O–H groups in total. The average molecular weight is 469 g/mol. The summed E-state index contributed by atoms with van der Waals surface area (Å²) in [5.41, 5.74) is 1.12. The van der Waals surface area contributed by atoms with Crippen LogP contribution in [0.1, 0.15) is 31.3 Å². The van der Waals surface area contributed by atoms with Crippen LogP contribution in [0, 0.1) is 0 Å². The van der Waals surface area contributed by atoms with Crippen LogP contribution < -0.4 is 14.9 Å². The molecular weight excluding hydrogens is 450 g/mol. The second kappa shape index (κ2) is 10.4. The van der Waals surface area contributed by atoms with Crippen molar-refractivity contribution in [1.82, 2.24) is 0 Å². The van der Waals surface area contributed by atoms with Crippen LogP contribution >= 0.6 is 12.8 Å². The topological polar surface area (TPSA) is 127 Å². The van der Waals surface area contributed by atoms with Crippen molar-refractivity contribution in [3.05, 3.63) is 77.7 Å². The average Bonchev–Trinajstić information content (AvgIpc) is 3.38. The molecule has 3 amide bonds. The third-order valence-electron chi connectivity index (χ3n) is 4.34. The first-order valence-electron chi connectivity index (χ1n) is 9.39. The Hall–Kier alpha value is -4.25. The molecule has 1 aromatic heterocycles. The summed E-state index contributed by atoms with van der Waals surface area (Å²) in [6.07, 6.45) is 1.39.